The van der Waals surface area contributed by atoms with Crippen molar-refractivity contribution in [3.8, 4) is 11.6 Å². The van der Waals surface area contributed by atoms with Crippen LogP contribution in [-0.2, 0) is 18.4 Å². The summed E-state index contributed by atoms with van der Waals surface area (Å²) >= 11 is 0. The highest BCUT2D eigenvalue weighted by Gasteiger charge is 2.07. The molecule has 2 heterocycles. The Morgan fingerprint density at radius 1 is 1.37 bits per heavy atom. The summed E-state index contributed by atoms with van der Waals surface area (Å²) in [5, 5.41) is 7.00. The molecule has 2 rings (SSSR count). The van der Waals surface area contributed by atoms with E-state index in [1.165, 1.54) is 0 Å². The van der Waals surface area contributed by atoms with Crippen molar-refractivity contribution >= 4 is 5.82 Å². The van der Waals surface area contributed by atoms with Crippen molar-refractivity contribution in [2.45, 2.75) is 13.5 Å². The summed E-state index contributed by atoms with van der Waals surface area (Å²) in [6.45, 7) is 2.90. The highest BCUT2D eigenvalue weighted by molar-refractivity contribution is 5.38. The summed E-state index contributed by atoms with van der Waals surface area (Å²) < 4.78 is 12.6. The maximum atomic E-state index is 5.63. The third kappa shape index (κ3) is 3.65. The van der Waals surface area contributed by atoms with Crippen molar-refractivity contribution in [3.63, 3.8) is 0 Å². The van der Waals surface area contributed by atoms with Gasteiger partial charge in [0.2, 0.25) is 5.88 Å². The van der Waals surface area contributed by atoms with E-state index in [0.29, 0.717) is 36.5 Å². The summed E-state index contributed by atoms with van der Waals surface area (Å²) in [5.41, 5.74) is 0. The number of hydrogen-bond acceptors (Lipinski definition) is 6. The highest BCUT2D eigenvalue weighted by Crippen LogP contribution is 2.20. The summed E-state index contributed by atoms with van der Waals surface area (Å²) in [5.74, 6) is 2.35. The third-order valence-corrected chi connectivity index (χ3v) is 2.34. The van der Waals surface area contributed by atoms with Gasteiger partial charge in [-0.15, -0.1) is 0 Å². The van der Waals surface area contributed by atoms with E-state index in [2.05, 4.69) is 20.4 Å². The quantitative estimate of drug-likeness (QED) is 0.853. The van der Waals surface area contributed by atoms with Gasteiger partial charge in [-0.2, -0.15) is 10.1 Å². The second kappa shape index (κ2) is 6.14. The molecule has 0 amide bonds. The van der Waals surface area contributed by atoms with E-state index in [1.807, 2.05) is 14.0 Å². The highest BCUT2D eigenvalue weighted by atomic mass is 16.5. The molecule has 0 saturated heterocycles. The first-order valence-electron chi connectivity index (χ1n) is 6.01. The van der Waals surface area contributed by atoms with Crippen molar-refractivity contribution < 1.29 is 9.47 Å². The molecule has 19 heavy (non-hydrogen) atoms. The Bertz CT molecular complexity index is 541. The van der Waals surface area contributed by atoms with Crippen molar-refractivity contribution in [2.24, 2.45) is 7.05 Å². The molecule has 102 valence electrons. The van der Waals surface area contributed by atoms with Crippen LogP contribution < -0.4 is 10.1 Å². The normalized spacial score (nSPS) is 10.5. The van der Waals surface area contributed by atoms with Crippen LogP contribution in [0.15, 0.2) is 18.5 Å². The Morgan fingerprint density at radius 2 is 2.21 bits per heavy atom. The van der Waals surface area contributed by atoms with Gasteiger partial charge in [-0.05, 0) is 6.92 Å². The topological polar surface area (TPSA) is 74.1 Å². The van der Waals surface area contributed by atoms with Gasteiger partial charge < -0.3 is 14.8 Å². The molecule has 0 spiro atoms. The molecule has 0 aliphatic heterocycles. The molecule has 0 bridgehead atoms. The predicted octanol–water partition coefficient (Wildman–Crippen LogP) is 1.58. The number of ether oxygens (including phenoxy) is 2. The second-order valence-corrected chi connectivity index (χ2v) is 3.85. The number of anilines is 1. The fraction of sp³-hybridized carbons (Fsp3) is 0.417. The number of nitrogens with zero attached hydrogens (tertiary/aromatic N) is 4. The SMILES string of the molecule is CCOCc1nc(NC)cc(Oc2cnn(C)c2)n1. The number of rotatable bonds is 6. The van der Waals surface area contributed by atoms with Crippen LogP contribution in [0.4, 0.5) is 5.82 Å². The third-order valence-electron chi connectivity index (χ3n) is 2.34. The zero-order valence-electron chi connectivity index (χ0n) is 11.3. The van der Waals surface area contributed by atoms with Crippen LogP contribution in [0.3, 0.4) is 0 Å². The Labute approximate surface area is 111 Å². The molecule has 0 saturated carbocycles. The van der Waals surface area contributed by atoms with E-state index in [0.717, 1.165) is 0 Å². The van der Waals surface area contributed by atoms with Crippen LogP contribution in [0, 0.1) is 0 Å². The lowest BCUT2D eigenvalue weighted by atomic mass is 10.5. The smallest absolute Gasteiger partial charge is 0.224 e. The minimum Gasteiger partial charge on any atom is -0.436 e. The van der Waals surface area contributed by atoms with E-state index in [1.54, 1.807) is 30.2 Å². The van der Waals surface area contributed by atoms with Crippen LogP contribution in [0.25, 0.3) is 0 Å². The molecule has 0 aliphatic rings. The van der Waals surface area contributed by atoms with Gasteiger partial charge in [-0.1, -0.05) is 0 Å². The summed E-state index contributed by atoms with van der Waals surface area (Å²) in [7, 11) is 3.62. The van der Waals surface area contributed by atoms with E-state index in [4.69, 9.17) is 9.47 Å². The van der Waals surface area contributed by atoms with Crippen LogP contribution in [0.1, 0.15) is 12.7 Å². The van der Waals surface area contributed by atoms with Crippen LogP contribution in [0.2, 0.25) is 0 Å². The Balaban J connectivity index is 2.18. The van der Waals surface area contributed by atoms with E-state index >= 15 is 0 Å². The van der Waals surface area contributed by atoms with Crippen LogP contribution >= 0.6 is 0 Å². The Morgan fingerprint density at radius 3 is 2.84 bits per heavy atom. The largest absolute Gasteiger partial charge is 0.436 e. The minimum atomic E-state index is 0.357. The van der Waals surface area contributed by atoms with Gasteiger partial charge in [0.1, 0.15) is 12.4 Å². The first kappa shape index (κ1) is 13.3. The maximum absolute atomic E-state index is 5.63. The number of aryl methyl sites for hydroxylation is 1. The van der Waals surface area contributed by atoms with Gasteiger partial charge in [-0.3, -0.25) is 4.68 Å². The number of aromatic nitrogens is 4. The fourth-order valence-electron chi connectivity index (χ4n) is 1.48. The monoisotopic (exact) mass is 263 g/mol. The Kier molecular flexibility index (Phi) is 4.30. The zero-order valence-corrected chi connectivity index (χ0v) is 11.3. The second-order valence-electron chi connectivity index (χ2n) is 3.85. The van der Waals surface area contributed by atoms with Crippen molar-refractivity contribution in [3.05, 3.63) is 24.3 Å². The van der Waals surface area contributed by atoms with Gasteiger partial charge in [0.15, 0.2) is 11.6 Å². The molecule has 1 N–H and O–H groups in total. The first-order valence-corrected chi connectivity index (χ1v) is 6.01. The lowest BCUT2D eigenvalue weighted by Gasteiger charge is -2.07. The zero-order chi connectivity index (χ0) is 13.7. The molecule has 0 unspecified atom stereocenters. The van der Waals surface area contributed by atoms with Crippen LogP contribution in [0.5, 0.6) is 11.6 Å². The number of nitrogens with one attached hydrogen (secondary N) is 1. The van der Waals surface area contributed by atoms with Crippen molar-refractivity contribution in [1.29, 1.82) is 0 Å². The summed E-state index contributed by atoms with van der Waals surface area (Å²) in [6.07, 6.45) is 3.40. The van der Waals surface area contributed by atoms with Crippen molar-refractivity contribution in [2.75, 3.05) is 19.0 Å². The molecule has 0 fully saturated rings. The van der Waals surface area contributed by atoms with Gasteiger partial charge in [-0.25, -0.2) is 4.98 Å². The maximum Gasteiger partial charge on any atom is 0.224 e. The lowest BCUT2D eigenvalue weighted by Crippen LogP contribution is -2.03. The minimum absolute atomic E-state index is 0.357. The molecule has 7 nitrogen and oxygen atoms in total. The molecule has 0 atom stereocenters. The molecule has 2 aromatic heterocycles. The average molecular weight is 263 g/mol. The van der Waals surface area contributed by atoms with Gasteiger partial charge in [0.25, 0.3) is 0 Å². The van der Waals surface area contributed by atoms with E-state index in [9.17, 15) is 0 Å². The molecule has 2 aromatic rings. The first-order chi connectivity index (χ1) is 9.21. The summed E-state index contributed by atoms with van der Waals surface area (Å²) in [6, 6.07) is 1.72. The lowest BCUT2D eigenvalue weighted by molar-refractivity contribution is 0.128. The Hall–Kier alpha value is -2.15. The van der Waals surface area contributed by atoms with Gasteiger partial charge in [0.05, 0.1) is 12.4 Å². The fourth-order valence-corrected chi connectivity index (χ4v) is 1.48. The van der Waals surface area contributed by atoms with E-state index in [-0.39, 0.29) is 0 Å². The number of hydrogen-bond donors (Lipinski definition) is 1. The van der Waals surface area contributed by atoms with Gasteiger partial charge >= 0.3 is 0 Å². The molecule has 7 heteroatoms. The molecular formula is C12H17N5O2. The predicted molar refractivity (Wildman–Crippen MR) is 70.2 cm³/mol. The molecule has 0 aliphatic carbocycles. The van der Waals surface area contributed by atoms with Crippen LogP contribution in [-0.4, -0.2) is 33.4 Å². The average Bonchev–Trinajstić information content (AvgIpc) is 2.81. The molecule has 0 aromatic carbocycles. The molecular weight excluding hydrogens is 246 g/mol. The van der Waals surface area contributed by atoms with Gasteiger partial charge in [0, 0.05) is 26.8 Å². The van der Waals surface area contributed by atoms with E-state index < -0.39 is 0 Å². The summed E-state index contributed by atoms with van der Waals surface area (Å²) in [4.78, 5) is 8.58. The van der Waals surface area contributed by atoms with Crippen molar-refractivity contribution in [1.82, 2.24) is 19.7 Å². The standard InChI is InChI=1S/C12H17N5O2/c1-4-18-8-11-15-10(13-2)5-12(16-11)19-9-6-14-17(3)7-9/h5-7H,4,8H2,1-3H3,(H,13,15,16). The molecule has 0 radical (unpaired) electrons.